The predicted molar refractivity (Wildman–Crippen MR) is 65.7 cm³/mol. The minimum atomic E-state index is 0.352. The fourth-order valence-electron chi connectivity index (χ4n) is 1.81. The molecule has 1 saturated carbocycles. The first kappa shape index (κ1) is 11.3. The van der Waals surface area contributed by atoms with E-state index >= 15 is 0 Å². The lowest BCUT2D eigenvalue weighted by Crippen LogP contribution is -2.36. The second kappa shape index (κ2) is 4.73. The molecule has 1 N–H and O–H groups in total. The van der Waals surface area contributed by atoms with Crippen LogP contribution in [0.1, 0.15) is 37.8 Å². The molecular formula is C12H15Cl2N. The minimum Gasteiger partial charge on any atom is -0.307 e. The Hall–Kier alpha value is -0.240. The predicted octanol–water partition coefficient (Wildman–Crippen LogP) is 4.20. The van der Waals surface area contributed by atoms with E-state index in [4.69, 9.17) is 23.2 Å². The topological polar surface area (TPSA) is 12.0 Å². The molecule has 0 bridgehead atoms. The Bertz CT molecular complexity index is 347. The Labute approximate surface area is 101 Å². The summed E-state index contributed by atoms with van der Waals surface area (Å²) in [5.41, 5.74) is 1.20. The molecule has 1 unspecified atom stereocenters. The lowest BCUT2D eigenvalue weighted by atomic mass is 9.92. The third-order valence-electron chi connectivity index (χ3n) is 3.03. The maximum Gasteiger partial charge on any atom is 0.0595 e. The van der Waals surface area contributed by atoms with E-state index in [-0.39, 0.29) is 0 Å². The Balaban J connectivity index is 2.03. The van der Waals surface area contributed by atoms with Crippen LogP contribution in [0.25, 0.3) is 0 Å². The van der Waals surface area contributed by atoms with E-state index in [9.17, 15) is 0 Å². The minimum absolute atomic E-state index is 0.352. The summed E-state index contributed by atoms with van der Waals surface area (Å²) in [7, 11) is 0. The van der Waals surface area contributed by atoms with Gasteiger partial charge in [-0.2, -0.15) is 0 Å². The Morgan fingerprint density at radius 1 is 1.27 bits per heavy atom. The second-order valence-corrected chi connectivity index (χ2v) is 5.00. The number of halogens is 2. The van der Waals surface area contributed by atoms with Gasteiger partial charge in [0.25, 0.3) is 0 Å². The average Bonchev–Trinajstić information content (AvgIpc) is 2.15. The van der Waals surface area contributed by atoms with Gasteiger partial charge in [-0.3, -0.25) is 0 Å². The number of nitrogens with one attached hydrogen (secondary N) is 1. The lowest BCUT2D eigenvalue weighted by Gasteiger charge is -2.30. The van der Waals surface area contributed by atoms with Crippen LogP contribution in [0.15, 0.2) is 18.2 Å². The molecule has 1 fully saturated rings. The molecule has 0 saturated heterocycles. The fourth-order valence-corrected chi connectivity index (χ4v) is 2.11. The van der Waals surface area contributed by atoms with Gasteiger partial charge in [-0.25, -0.2) is 0 Å². The van der Waals surface area contributed by atoms with Crippen LogP contribution in [0.4, 0.5) is 0 Å². The largest absolute Gasteiger partial charge is 0.307 e. The van der Waals surface area contributed by atoms with Crippen LogP contribution in [0, 0.1) is 0 Å². The zero-order chi connectivity index (χ0) is 10.8. The number of hydrogen-bond donors (Lipinski definition) is 1. The van der Waals surface area contributed by atoms with E-state index in [1.807, 2.05) is 18.2 Å². The molecule has 1 aliphatic rings. The molecule has 82 valence electrons. The van der Waals surface area contributed by atoms with Gasteiger partial charge < -0.3 is 5.32 Å². The van der Waals surface area contributed by atoms with Crippen molar-refractivity contribution in [1.82, 2.24) is 5.32 Å². The van der Waals surface area contributed by atoms with E-state index in [1.165, 1.54) is 24.8 Å². The molecule has 1 aromatic rings. The molecule has 1 aromatic carbocycles. The van der Waals surface area contributed by atoms with Crippen molar-refractivity contribution >= 4 is 23.2 Å². The number of benzene rings is 1. The maximum atomic E-state index is 5.98. The molecule has 0 aromatic heterocycles. The van der Waals surface area contributed by atoms with Crippen LogP contribution in [-0.2, 0) is 0 Å². The Morgan fingerprint density at radius 2 is 2.00 bits per heavy atom. The summed E-state index contributed by atoms with van der Waals surface area (Å²) in [6, 6.07) is 6.88. The molecule has 0 spiro atoms. The van der Waals surface area contributed by atoms with Gasteiger partial charge >= 0.3 is 0 Å². The van der Waals surface area contributed by atoms with Crippen LogP contribution in [0.2, 0.25) is 10.0 Å². The molecule has 0 aliphatic heterocycles. The van der Waals surface area contributed by atoms with E-state index in [0.717, 1.165) is 0 Å². The highest BCUT2D eigenvalue weighted by atomic mass is 35.5. The van der Waals surface area contributed by atoms with Gasteiger partial charge in [0.15, 0.2) is 0 Å². The molecular weight excluding hydrogens is 229 g/mol. The third-order valence-corrected chi connectivity index (χ3v) is 3.77. The second-order valence-electron chi connectivity index (χ2n) is 4.19. The van der Waals surface area contributed by atoms with Gasteiger partial charge in [0.1, 0.15) is 0 Å². The summed E-state index contributed by atoms with van der Waals surface area (Å²) in [5, 5.41) is 4.83. The summed E-state index contributed by atoms with van der Waals surface area (Å²) in [6.45, 7) is 2.16. The molecule has 0 amide bonds. The van der Waals surface area contributed by atoms with Crippen molar-refractivity contribution < 1.29 is 0 Å². The molecule has 15 heavy (non-hydrogen) atoms. The zero-order valence-electron chi connectivity index (χ0n) is 8.76. The SMILES string of the molecule is CC(NC1CCC1)c1ccc(Cl)c(Cl)c1. The molecule has 1 aliphatic carbocycles. The highest BCUT2D eigenvalue weighted by molar-refractivity contribution is 6.42. The zero-order valence-corrected chi connectivity index (χ0v) is 10.3. The first-order valence-electron chi connectivity index (χ1n) is 5.38. The molecule has 1 nitrogen and oxygen atoms in total. The van der Waals surface area contributed by atoms with Gasteiger partial charge in [-0.05, 0) is 37.5 Å². The van der Waals surface area contributed by atoms with Crippen LogP contribution >= 0.6 is 23.2 Å². The molecule has 0 heterocycles. The van der Waals surface area contributed by atoms with Gasteiger partial charge in [0.2, 0.25) is 0 Å². The van der Waals surface area contributed by atoms with Crippen molar-refractivity contribution in [2.24, 2.45) is 0 Å². The van der Waals surface area contributed by atoms with E-state index in [2.05, 4.69) is 12.2 Å². The van der Waals surface area contributed by atoms with Gasteiger partial charge in [0.05, 0.1) is 10.0 Å². The standard InChI is InChI=1S/C12H15Cl2N/c1-8(15-10-3-2-4-10)9-5-6-11(13)12(14)7-9/h5-8,10,15H,2-4H2,1H3. The highest BCUT2D eigenvalue weighted by Crippen LogP contribution is 2.27. The fraction of sp³-hybridized carbons (Fsp3) is 0.500. The van der Waals surface area contributed by atoms with Gasteiger partial charge in [-0.1, -0.05) is 35.7 Å². The van der Waals surface area contributed by atoms with Crippen molar-refractivity contribution in [2.75, 3.05) is 0 Å². The molecule has 3 heteroatoms. The van der Waals surface area contributed by atoms with E-state index in [0.29, 0.717) is 22.1 Å². The summed E-state index contributed by atoms with van der Waals surface area (Å²) >= 11 is 11.9. The van der Waals surface area contributed by atoms with Gasteiger partial charge in [-0.15, -0.1) is 0 Å². The van der Waals surface area contributed by atoms with E-state index in [1.54, 1.807) is 0 Å². The number of rotatable bonds is 3. The van der Waals surface area contributed by atoms with Crippen molar-refractivity contribution in [3.8, 4) is 0 Å². The van der Waals surface area contributed by atoms with Crippen molar-refractivity contribution in [2.45, 2.75) is 38.3 Å². The van der Waals surface area contributed by atoms with Gasteiger partial charge in [0, 0.05) is 12.1 Å². The summed E-state index contributed by atoms with van der Waals surface area (Å²) < 4.78 is 0. The smallest absolute Gasteiger partial charge is 0.0595 e. The van der Waals surface area contributed by atoms with Crippen LogP contribution in [0.5, 0.6) is 0 Å². The van der Waals surface area contributed by atoms with Crippen LogP contribution in [-0.4, -0.2) is 6.04 Å². The molecule has 2 rings (SSSR count). The lowest BCUT2D eigenvalue weighted by molar-refractivity contribution is 0.313. The first-order valence-corrected chi connectivity index (χ1v) is 6.13. The summed E-state index contributed by atoms with van der Waals surface area (Å²) in [4.78, 5) is 0. The quantitative estimate of drug-likeness (QED) is 0.840. The Morgan fingerprint density at radius 3 is 2.53 bits per heavy atom. The molecule has 0 radical (unpaired) electrons. The van der Waals surface area contributed by atoms with Crippen molar-refractivity contribution in [1.29, 1.82) is 0 Å². The first-order chi connectivity index (χ1) is 7.16. The highest BCUT2D eigenvalue weighted by Gasteiger charge is 2.19. The monoisotopic (exact) mass is 243 g/mol. The Kier molecular flexibility index (Phi) is 3.55. The number of hydrogen-bond acceptors (Lipinski definition) is 1. The van der Waals surface area contributed by atoms with Crippen LogP contribution in [0.3, 0.4) is 0 Å². The van der Waals surface area contributed by atoms with Crippen LogP contribution < -0.4 is 5.32 Å². The average molecular weight is 244 g/mol. The normalized spacial score (nSPS) is 18.6. The van der Waals surface area contributed by atoms with Crippen molar-refractivity contribution in [3.05, 3.63) is 33.8 Å². The maximum absolute atomic E-state index is 5.98. The summed E-state index contributed by atoms with van der Waals surface area (Å²) in [6.07, 6.45) is 3.95. The van der Waals surface area contributed by atoms with Crippen molar-refractivity contribution in [3.63, 3.8) is 0 Å². The summed E-state index contributed by atoms with van der Waals surface area (Å²) in [5.74, 6) is 0. The molecule has 1 atom stereocenters. The van der Waals surface area contributed by atoms with E-state index < -0.39 is 0 Å². The third kappa shape index (κ3) is 2.66.